The summed E-state index contributed by atoms with van der Waals surface area (Å²) >= 11 is 0. The Morgan fingerprint density at radius 1 is 1.09 bits per heavy atom. The Morgan fingerprint density at radius 3 is 2.25 bits per heavy atom. The van der Waals surface area contributed by atoms with E-state index in [0.717, 1.165) is 10.9 Å². The van der Waals surface area contributed by atoms with E-state index in [1.807, 2.05) is 17.8 Å². The first-order chi connectivity index (χ1) is 15.2. The normalized spacial score (nSPS) is 12.4. The number of aromatic nitrogens is 1. The van der Waals surface area contributed by atoms with E-state index in [-0.39, 0.29) is 27.8 Å². The standard InChI is InChI=1S/C21H25N3O7S/c1-23-8-7-13-9-14(5-6-17(13)23)24(21(26)16(22)12-25)32(27,28)15-10-18(29-2)20(31-4)19(11-15)30-3/h5-11,16,25H,12,22H2,1-4H3. The van der Waals surface area contributed by atoms with Gasteiger partial charge >= 0.3 is 0 Å². The number of methoxy groups -OCH3 is 3. The van der Waals surface area contributed by atoms with Gasteiger partial charge in [0.05, 0.1) is 38.5 Å². The molecule has 32 heavy (non-hydrogen) atoms. The molecule has 3 N–H and O–H groups in total. The Balaban J connectivity index is 2.24. The molecular weight excluding hydrogens is 438 g/mol. The highest BCUT2D eigenvalue weighted by atomic mass is 32.2. The predicted molar refractivity (Wildman–Crippen MR) is 119 cm³/mol. The van der Waals surface area contributed by atoms with Gasteiger partial charge in [-0.1, -0.05) is 0 Å². The summed E-state index contributed by atoms with van der Waals surface area (Å²) in [6.07, 6.45) is 1.81. The van der Waals surface area contributed by atoms with Crippen LogP contribution in [0.2, 0.25) is 0 Å². The van der Waals surface area contributed by atoms with E-state index < -0.39 is 28.6 Å². The van der Waals surface area contributed by atoms with Gasteiger partial charge in [-0.2, -0.15) is 0 Å². The Morgan fingerprint density at radius 2 is 1.72 bits per heavy atom. The number of benzene rings is 2. The lowest BCUT2D eigenvalue weighted by Crippen LogP contribution is -2.48. The molecule has 0 aliphatic rings. The number of carbonyl (C=O) groups is 1. The summed E-state index contributed by atoms with van der Waals surface area (Å²) in [5.41, 5.74) is 6.65. The number of rotatable bonds is 8. The predicted octanol–water partition coefficient (Wildman–Crippen LogP) is 1.25. The molecule has 0 fully saturated rings. The van der Waals surface area contributed by atoms with Gasteiger partial charge in [0.25, 0.3) is 15.9 Å². The number of carbonyl (C=O) groups excluding carboxylic acids is 1. The summed E-state index contributed by atoms with van der Waals surface area (Å²) in [6, 6.07) is 7.55. The zero-order valence-corrected chi connectivity index (χ0v) is 18.9. The van der Waals surface area contributed by atoms with Gasteiger partial charge in [0.2, 0.25) is 5.75 Å². The van der Waals surface area contributed by atoms with Crippen LogP contribution in [-0.4, -0.2) is 58.0 Å². The fraction of sp³-hybridized carbons (Fsp3) is 0.286. The number of nitrogens with zero attached hydrogens (tertiary/aromatic N) is 2. The molecule has 3 rings (SSSR count). The molecule has 1 heterocycles. The smallest absolute Gasteiger partial charge is 0.271 e. The fourth-order valence-corrected chi connectivity index (χ4v) is 4.81. The molecule has 1 unspecified atom stereocenters. The summed E-state index contributed by atoms with van der Waals surface area (Å²) in [5.74, 6) is -0.591. The van der Waals surface area contributed by atoms with Crippen molar-refractivity contribution in [3.05, 3.63) is 42.6 Å². The zero-order valence-electron chi connectivity index (χ0n) is 18.1. The maximum atomic E-state index is 13.7. The molecule has 0 aliphatic heterocycles. The summed E-state index contributed by atoms with van der Waals surface area (Å²) in [4.78, 5) is 12.8. The van der Waals surface area contributed by atoms with Crippen LogP contribution in [0.15, 0.2) is 47.5 Å². The first-order valence-electron chi connectivity index (χ1n) is 9.50. The monoisotopic (exact) mass is 463 g/mol. The van der Waals surface area contributed by atoms with Crippen molar-refractivity contribution >= 4 is 32.5 Å². The van der Waals surface area contributed by atoms with E-state index in [0.29, 0.717) is 4.31 Å². The Kier molecular flexibility index (Phi) is 6.63. The number of aliphatic hydroxyl groups excluding tert-OH is 1. The minimum Gasteiger partial charge on any atom is -0.493 e. The number of aryl methyl sites for hydroxylation is 1. The highest BCUT2D eigenvalue weighted by molar-refractivity contribution is 7.93. The van der Waals surface area contributed by atoms with E-state index in [1.54, 1.807) is 18.2 Å². The maximum Gasteiger partial charge on any atom is 0.271 e. The van der Waals surface area contributed by atoms with E-state index in [2.05, 4.69) is 0 Å². The van der Waals surface area contributed by atoms with Crippen LogP contribution < -0.4 is 24.2 Å². The molecule has 1 amide bonds. The number of ether oxygens (including phenoxy) is 3. The van der Waals surface area contributed by atoms with Crippen molar-refractivity contribution in [2.45, 2.75) is 10.9 Å². The first kappa shape index (κ1) is 23.4. The number of hydrogen-bond acceptors (Lipinski definition) is 8. The Bertz CT molecular complexity index is 1230. The van der Waals surface area contributed by atoms with E-state index in [9.17, 15) is 18.3 Å². The van der Waals surface area contributed by atoms with Crippen LogP contribution in [0, 0.1) is 0 Å². The molecule has 2 aromatic carbocycles. The third kappa shape index (κ3) is 3.97. The van der Waals surface area contributed by atoms with Crippen LogP contribution in [0.25, 0.3) is 10.9 Å². The van der Waals surface area contributed by atoms with Crippen molar-refractivity contribution in [1.29, 1.82) is 0 Å². The summed E-state index contributed by atoms with van der Waals surface area (Å²) in [5, 5.41) is 10.1. The first-order valence-corrected chi connectivity index (χ1v) is 10.9. The molecular formula is C21H25N3O7S. The van der Waals surface area contributed by atoms with Crippen molar-refractivity contribution < 1.29 is 32.5 Å². The van der Waals surface area contributed by atoms with Crippen LogP contribution in [0.3, 0.4) is 0 Å². The average Bonchev–Trinajstić information content (AvgIpc) is 3.17. The largest absolute Gasteiger partial charge is 0.493 e. The van der Waals surface area contributed by atoms with Crippen LogP contribution in [0.4, 0.5) is 5.69 Å². The van der Waals surface area contributed by atoms with Crippen molar-refractivity contribution in [3.63, 3.8) is 0 Å². The quantitative estimate of drug-likeness (QED) is 0.510. The SMILES string of the molecule is COc1cc(S(=O)(=O)N(C(=O)C(N)CO)c2ccc3c(ccn3C)c2)cc(OC)c1OC. The number of amides is 1. The summed E-state index contributed by atoms with van der Waals surface area (Å²) in [7, 11) is 1.44. The zero-order chi connectivity index (χ0) is 23.6. The highest BCUT2D eigenvalue weighted by Gasteiger charge is 2.35. The Labute approximate surface area is 185 Å². The lowest BCUT2D eigenvalue weighted by atomic mass is 10.2. The molecule has 172 valence electrons. The van der Waals surface area contributed by atoms with Gasteiger partial charge in [0.15, 0.2) is 11.5 Å². The number of aliphatic hydroxyl groups is 1. The molecule has 10 nitrogen and oxygen atoms in total. The van der Waals surface area contributed by atoms with Gasteiger partial charge in [-0.15, -0.1) is 0 Å². The van der Waals surface area contributed by atoms with Gasteiger partial charge in [0, 0.05) is 36.3 Å². The fourth-order valence-electron chi connectivity index (χ4n) is 3.32. The second-order valence-electron chi connectivity index (χ2n) is 6.93. The molecule has 1 aromatic heterocycles. The summed E-state index contributed by atoms with van der Waals surface area (Å²) in [6.45, 7) is -0.728. The molecule has 0 bridgehead atoms. The lowest BCUT2D eigenvalue weighted by molar-refractivity contribution is -0.119. The molecule has 0 radical (unpaired) electrons. The maximum absolute atomic E-state index is 13.7. The van der Waals surface area contributed by atoms with Crippen molar-refractivity contribution in [2.24, 2.45) is 12.8 Å². The topological polar surface area (TPSA) is 133 Å². The van der Waals surface area contributed by atoms with Gasteiger partial charge in [0.1, 0.15) is 6.04 Å². The average molecular weight is 464 g/mol. The van der Waals surface area contributed by atoms with Crippen LogP contribution in [-0.2, 0) is 21.9 Å². The van der Waals surface area contributed by atoms with Crippen LogP contribution in [0.1, 0.15) is 0 Å². The number of fused-ring (bicyclic) bond motifs is 1. The second kappa shape index (κ2) is 9.07. The third-order valence-corrected chi connectivity index (χ3v) is 6.70. The number of hydrogen-bond donors (Lipinski definition) is 2. The van der Waals surface area contributed by atoms with Crippen LogP contribution >= 0.6 is 0 Å². The van der Waals surface area contributed by atoms with Gasteiger partial charge in [-0.05, 0) is 24.3 Å². The number of sulfonamides is 1. The van der Waals surface area contributed by atoms with Crippen molar-refractivity contribution in [2.75, 3.05) is 32.2 Å². The molecule has 11 heteroatoms. The van der Waals surface area contributed by atoms with E-state index in [4.69, 9.17) is 19.9 Å². The molecule has 3 aromatic rings. The minimum atomic E-state index is -4.49. The van der Waals surface area contributed by atoms with Gasteiger partial charge in [-0.25, -0.2) is 12.7 Å². The van der Waals surface area contributed by atoms with E-state index >= 15 is 0 Å². The van der Waals surface area contributed by atoms with Gasteiger partial charge in [-0.3, -0.25) is 4.79 Å². The van der Waals surface area contributed by atoms with Crippen molar-refractivity contribution in [3.8, 4) is 17.2 Å². The number of anilines is 1. The molecule has 0 spiro atoms. The number of nitrogens with two attached hydrogens (primary N) is 1. The van der Waals surface area contributed by atoms with Crippen molar-refractivity contribution in [1.82, 2.24) is 4.57 Å². The molecule has 0 saturated heterocycles. The molecule has 0 aliphatic carbocycles. The molecule has 1 atom stereocenters. The van der Waals surface area contributed by atoms with E-state index in [1.165, 1.54) is 39.5 Å². The third-order valence-electron chi connectivity index (χ3n) is 4.99. The highest BCUT2D eigenvalue weighted by Crippen LogP contribution is 2.41. The molecule has 0 saturated carbocycles. The minimum absolute atomic E-state index is 0.0753. The van der Waals surface area contributed by atoms with Crippen LogP contribution in [0.5, 0.6) is 17.2 Å². The Hall–Kier alpha value is -3.28. The summed E-state index contributed by atoms with van der Waals surface area (Å²) < 4.78 is 45.6. The second-order valence-corrected chi connectivity index (χ2v) is 8.71. The lowest BCUT2D eigenvalue weighted by Gasteiger charge is -2.25. The van der Waals surface area contributed by atoms with Gasteiger partial charge < -0.3 is 29.6 Å².